The summed E-state index contributed by atoms with van der Waals surface area (Å²) in [6.07, 6.45) is 3.89. The Morgan fingerprint density at radius 3 is 2.15 bits per heavy atom. The van der Waals surface area contributed by atoms with Crippen LogP contribution in [0.1, 0.15) is 36.1 Å². The number of rotatable bonds is 5. The molecule has 0 radical (unpaired) electrons. The van der Waals surface area contributed by atoms with Crippen molar-refractivity contribution in [2.45, 2.75) is 45.8 Å². The summed E-state index contributed by atoms with van der Waals surface area (Å²) in [7, 11) is 0. The van der Waals surface area contributed by atoms with Gasteiger partial charge in [0.25, 0.3) is 0 Å². The maximum absolute atomic E-state index is 9.70. The lowest BCUT2D eigenvalue weighted by Crippen LogP contribution is -2.02. The summed E-state index contributed by atoms with van der Waals surface area (Å²) in [5.41, 5.74) is 6.70. The topological polar surface area (TPSA) is 53.3 Å². The van der Waals surface area contributed by atoms with Gasteiger partial charge in [-0.05, 0) is 61.1 Å². The van der Waals surface area contributed by atoms with Crippen molar-refractivity contribution >= 4 is 11.1 Å². The molecule has 1 heterocycles. The van der Waals surface area contributed by atoms with Gasteiger partial charge in [0.2, 0.25) is 0 Å². The van der Waals surface area contributed by atoms with Gasteiger partial charge < -0.3 is 8.97 Å². The smallest absolute Gasteiger partial charge is 0.134 e. The molecular weight excluding hydrogens is 356 g/mol. The van der Waals surface area contributed by atoms with E-state index < -0.39 is 11.1 Å². The fraction of sp³-hybridized carbons (Fsp3) is 0.304. The highest BCUT2D eigenvalue weighted by Crippen LogP contribution is 2.28. The zero-order chi connectivity index (χ0) is 19.8. The Morgan fingerprint density at radius 2 is 1.59 bits per heavy atom. The van der Waals surface area contributed by atoms with Gasteiger partial charge in [0.1, 0.15) is 5.76 Å². The molecule has 0 aliphatic rings. The Kier molecular flexibility index (Phi) is 8.01. The lowest BCUT2D eigenvalue weighted by atomic mass is 9.93. The summed E-state index contributed by atoms with van der Waals surface area (Å²) >= 11 is -1.87. The fourth-order valence-corrected chi connectivity index (χ4v) is 2.77. The van der Waals surface area contributed by atoms with Gasteiger partial charge in [-0.3, -0.25) is 4.21 Å². The standard InChI is InChI=1S/C20H20O.C3H8O2S/c1-15-16(2)19(20-9-6-14-21-20)13-12-18(15)11-10-17-7-4-3-5-8-17;1-3(2)6(4)5/h3-9,12-14H,10-11H2,1-2H3;3H,1-2H3,(H,4,5)/p-1. The predicted octanol–water partition coefficient (Wildman–Crippen LogP) is 5.62. The van der Waals surface area contributed by atoms with Crippen LogP contribution in [-0.4, -0.2) is 14.0 Å². The van der Waals surface area contributed by atoms with Gasteiger partial charge >= 0.3 is 0 Å². The van der Waals surface area contributed by atoms with Gasteiger partial charge in [-0.15, -0.1) is 0 Å². The molecule has 27 heavy (non-hydrogen) atoms. The molecule has 1 atom stereocenters. The quantitative estimate of drug-likeness (QED) is 0.537. The minimum Gasteiger partial charge on any atom is -0.772 e. The summed E-state index contributed by atoms with van der Waals surface area (Å²) in [5, 5.41) is -0.231. The van der Waals surface area contributed by atoms with E-state index in [4.69, 9.17) is 4.42 Å². The van der Waals surface area contributed by atoms with Crippen LogP contribution in [0.4, 0.5) is 0 Å². The lowest BCUT2D eigenvalue weighted by Gasteiger charge is -2.12. The molecule has 1 unspecified atom stereocenters. The van der Waals surface area contributed by atoms with Crippen LogP contribution in [0, 0.1) is 13.8 Å². The molecule has 0 saturated carbocycles. The molecule has 3 aromatic rings. The van der Waals surface area contributed by atoms with E-state index in [9.17, 15) is 8.76 Å². The fourth-order valence-electron chi connectivity index (χ4n) is 2.77. The van der Waals surface area contributed by atoms with Gasteiger partial charge in [-0.2, -0.15) is 0 Å². The van der Waals surface area contributed by atoms with Crippen LogP contribution in [0.15, 0.2) is 65.3 Å². The maximum Gasteiger partial charge on any atom is 0.134 e. The second-order valence-electron chi connectivity index (χ2n) is 6.79. The van der Waals surface area contributed by atoms with Crippen LogP contribution < -0.4 is 0 Å². The van der Waals surface area contributed by atoms with Crippen LogP contribution in [0.25, 0.3) is 11.3 Å². The second kappa shape index (κ2) is 10.2. The first-order chi connectivity index (χ1) is 12.9. The van der Waals surface area contributed by atoms with E-state index in [0.29, 0.717) is 0 Å². The van der Waals surface area contributed by atoms with E-state index in [1.165, 1.54) is 27.8 Å². The Morgan fingerprint density at radius 1 is 0.926 bits per heavy atom. The van der Waals surface area contributed by atoms with Gasteiger partial charge in [0.05, 0.1) is 6.26 Å². The first-order valence-electron chi connectivity index (χ1n) is 9.15. The van der Waals surface area contributed by atoms with Crippen LogP contribution in [0.3, 0.4) is 0 Å². The Hall–Kier alpha value is -2.17. The van der Waals surface area contributed by atoms with Crippen molar-refractivity contribution in [2.24, 2.45) is 0 Å². The minimum absolute atomic E-state index is 0.231. The number of benzene rings is 2. The summed E-state index contributed by atoms with van der Waals surface area (Å²) in [6, 6.07) is 19.0. The lowest BCUT2D eigenvalue weighted by molar-refractivity contribution is 0.528. The molecule has 0 amide bonds. The number of furan rings is 1. The van der Waals surface area contributed by atoms with E-state index in [1.54, 1.807) is 20.1 Å². The minimum atomic E-state index is -1.87. The van der Waals surface area contributed by atoms with Crippen molar-refractivity contribution in [3.05, 3.63) is 83.1 Å². The Balaban J connectivity index is 0.000000380. The summed E-state index contributed by atoms with van der Waals surface area (Å²) in [6.45, 7) is 7.65. The number of hydrogen-bond acceptors (Lipinski definition) is 3. The zero-order valence-electron chi connectivity index (χ0n) is 16.4. The molecule has 0 fully saturated rings. The third-order valence-corrected chi connectivity index (χ3v) is 5.37. The van der Waals surface area contributed by atoms with Crippen LogP contribution in [0.2, 0.25) is 0 Å². The Labute approximate surface area is 164 Å². The van der Waals surface area contributed by atoms with E-state index in [-0.39, 0.29) is 5.25 Å². The normalized spacial score (nSPS) is 11.8. The van der Waals surface area contributed by atoms with Crippen molar-refractivity contribution in [1.82, 2.24) is 0 Å². The Bertz CT molecular complexity index is 853. The third kappa shape index (κ3) is 6.19. The van der Waals surface area contributed by atoms with Crippen LogP contribution >= 0.6 is 0 Å². The van der Waals surface area contributed by atoms with Gasteiger partial charge in [0, 0.05) is 10.8 Å². The maximum atomic E-state index is 9.70. The highest BCUT2D eigenvalue weighted by atomic mass is 32.2. The van der Waals surface area contributed by atoms with Crippen LogP contribution in [0.5, 0.6) is 0 Å². The average molecular weight is 384 g/mol. The highest BCUT2D eigenvalue weighted by Gasteiger charge is 2.10. The first kappa shape index (κ1) is 21.1. The van der Waals surface area contributed by atoms with E-state index in [0.717, 1.165) is 18.6 Å². The average Bonchev–Trinajstić information content (AvgIpc) is 3.18. The molecule has 3 nitrogen and oxygen atoms in total. The third-order valence-electron chi connectivity index (χ3n) is 4.60. The van der Waals surface area contributed by atoms with Crippen LogP contribution in [-0.2, 0) is 23.9 Å². The van der Waals surface area contributed by atoms with Gasteiger partial charge in [-0.25, -0.2) is 0 Å². The first-order valence-corrected chi connectivity index (χ1v) is 10.3. The summed E-state index contributed by atoms with van der Waals surface area (Å²) < 4.78 is 24.9. The molecule has 0 N–H and O–H groups in total. The van der Waals surface area contributed by atoms with Gasteiger partial charge in [-0.1, -0.05) is 67.4 Å². The molecule has 4 heteroatoms. The summed E-state index contributed by atoms with van der Waals surface area (Å²) in [4.78, 5) is 0. The monoisotopic (exact) mass is 383 g/mol. The highest BCUT2D eigenvalue weighted by molar-refractivity contribution is 7.79. The van der Waals surface area contributed by atoms with Crippen molar-refractivity contribution in [1.29, 1.82) is 0 Å². The predicted molar refractivity (Wildman–Crippen MR) is 112 cm³/mol. The van der Waals surface area contributed by atoms with Crippen molar-refractivity contribution < 1.29 is 13.2 Å². The molecule has 3 rings (SSSR count). The van der Waals surface area contributed by atoms with E-state index >= 15 is 0 Å². The molecule has 1 aromatic heterocycles. The molecular formula is C23H27O3S-. The number of hydrogen-bond donors (Lipinski definition) is 0. The molecule has 0 spiro atoms. The molecule has 144 valence electrons. The number of aryl methyl sites for hydroxylation is 2. The molecule has 2 aromatic carbocycles. The SMILES string of the molecule is CC(C)S(=O)[O-].Cc1c(CCc2ccccc2)ccc(-c2ccco2)c1C. The van der Waals surface area contributed by atoms with E-state index in [2.05, 4.69) is 56.3 Å². The van der Waals surface area contributed by atoms with Crippen molar-refractivity contribution in [2.75, 3.05) is 0 Å². The largest absolute Gasteiger partial charge is 0.772 e. The summed E-state index contributed by atoms with van der Waals surface area (Å²) in [5.74, 6) is 0.949. The molecule has 0 bridgehead atoms. The van der Waals surface area contributed by atoms with Crippen molar-refractivity contribution in [3.8, 4) is 11.3 Å². The molecule has 0 aliphatic carbocycles. The zero-order valence-corrected chi connectivity index (χ0v) is 17.2. The molecule has 0 aliphatic heterocycles. The van der Waals surface area contributed by atoms with Crippen molar-refractivity contribution in [3.63, 3.8) is 0 Å². The molecule has 0 saturated heterocycles. The second-order valence-corrected chi connectivity index (χ2v) is 8.26. The van der Waals surface area contributed by atoms with E-state index in [1.807, 2.05) is 12.1 Å². The van der Waals surface area contributed by atoms with Gasteiger partial charge in [0.15, 0.2) is 0 Å².